The maximum Gasteiger partial charge on any atom is 0.106 e. The van der Waals surface area contributed by atoms with Crippen LogP contribution < -0.4 is 0 Å². The fourth-order valence-electron chi connectivity index (χ4n) is 2.19. The molecule has 0 atom stereocenters. The molecule has 0 unspecified atom stereocenters. The van der Waals surface area contributed by atoms with Crippen molar-refractivity contribution in [2.45, 2.75) is 26.8 Å². The largest absolute Gasteiger partial charge is 0.328 e. The van der Waals surface area contributed by atoms with E-state index < -0.39 is 0 Å². The Kier molecular flexibility index (Phi) is 3.48. The molecule has 0 spiro atoms. The van der Waals surface area contributed by atoms with Crippen LogP contribution in [0.2, 0.25) is 0 Å². The van der Waals surface area contributed by atoms with E-state index in [-0.39, 0.29) is 0 Å². The number of hydrogen-bond acceptors (Lipinski definition) is 2. The van der Waals surface area contributed by atoms with Crippen molar-refractivity contribution in [2.75, 3.05) is 20.6 Å². The standard InChI is InChI=1S/C14H21N3/c1-11-6-7-14-13(10-11)15-12(2)17(14)9-5-8-16(3)4/h6-7,10H,5,8-9H2,1-4H3. The number of aromatic nitrogens is 2. The van der Waals surface area contributed by atoms with Gasteiger partial charge in [-0.1, -0.05) is 6.07 Å². The highest BCUT2D eigenvalue weighted by molar-refractivity contribution is 5.76. The SMILES string of the molecule is Cc1ccc2c(c1)nc(C)n2CCCN(C)C. The quantitative estimate of drug-likeness (QED) is 0.806. The Morgan fingerprint density at radius 3 is 2.71 bits per heavy atom. The van der Waals surface area contributed by atoms with Crippen molar-refractivity contribution < 1.29 is 0 Å². The Morgan fingerprint density at radius 2 is 2.00 bits per heavy atom. The van der Waals surface area contributed by atoms with Crippen LogP contribution in [-0.4, -0.2) is 35.1 Å². The topological polar surface area (TPSA) is 21.1 Å². The number of benzene rings is 1. The van der Waals surface area contributed by atoms with Gasteiger partial charge in [0, 0.05) is 6.54 Å². The summed E-state index contributed by atoms with van der Waals surface area (Å²) in [5.74, 6) is 1.12. The van der Waals surface area contributed by atoms with Crippen LogP contribution in [-0.2, 0) is 6.54 Å². The molecule has 2 aromatic rings. The van der Waals surface area contributed by atoms with Crippen LogP contribution in [0.5, 0.6) is 0 Å². The van der Waals surface area contributed by atoms with Gasteiger partial charge in [0.05, 0.1) is 11.0 Å². The Balaban J connectivity index is 2.24. The summed E-state index contributed by atoms with van der Waals surface area (Å²) >= 11 is 0. The molecular formula is C14H21N3. The summed E-state index contributed by atoms with van der Waals surface area (Å²) in [7, 11) is 4.23. The molecule has 0 saturated carbocycles. The van der Waals surface area contributed by atoms with Crippen molar-refractivity contribution in [3.8, 4) is 0 Å². The van der Waals surface area contributed by atoms with E-state index in [0.29, 0.717) is 0 Å². The van der Waals surface area contributed by atoms with E-state index in [0.717, 1.165) is 30.9 Å². The smallest absolute Gasteiger partial charge is 0.106 e. The third-order valence-electron chi connectivity index (χ3n) is 3.08. The molecule has 2 rings (SSSR count). The molecule has 0 amide bonds. The molecule has 3 nitrogen and oxygen atoms in total. The van der Waals surface area contributed by atoms with E-state index in [9.17, 15) is 0 Å². The van der Waals surface area contributed by atoms with Gasteiger partial charge in [-0.3, -0.25) is 0 Å². The van der Waals surface area contributed by atoms with E-state index in [1.807, 2.05) is 0 Å². The Labute approximate surface area is 103 Å². The lowest BCUT2D eigenvalue weighted by Crippen LogP contribution is -2.15. The predicted octanol–water partition coefficient (Wildman–Crippen LogP) is 2.60. The van der Waals surface area contributed by atoms with Crippen LogP contribution in [0.15, 0.2) is 18.2 Å². The van der Waals surface area contributed by atoms with Gasteiger partial charge in [0.2, 0.25) is 0 Å². The molecule has 1 heterocycles. The average Bonchev–Trinajstić information content (AvgIpc) is 2.54. The fourth-order valence-corrected chi connectivity index (χ4v) is 2.19. The molecule has 0 saturated heterocycles. The third kappa shape index (κ3) is 2.67. The first-order valence-electron chi connectivity index (χ1n) is 6.16. The van der Waals surface area contributed by atoms with Gasteiger partial charge in [0.15, 0.2) is 0 Å². The van der Waals surface area contributed by atoms with Crippen molar-refractivity contribution in [3.63, 3.8) is 0 Å². The van der Waals surface area contributed by atoms with E-state index >= 15 is 0 Å². The summed E-state index contributed by atoms with van der Waals surface area (Å²) in [5, 5.41) is 0. The number of imidazole rings is 1. The van der Waals surface area contributed by atoms with Gasteiger partial charge in [-0.05, 0) is 58.6 Å². The highest BCUT2D eigenvalue weighted by Crippen LogP contribution is 2.17. The Bertz CT molecular complexity index is 511. The molecule has 0 bridgehead atoms. The van der Waals surface area contributed by atoms with E-state index in [1.165, 1.54) is 11.1 Å². The second-order valence-electron chi connectivity index (χ2n) is 4.96. The normalized spacial score (nSPS) is 11.6. The van der Waals surface area contributed by atoms with Crippen LogP contribution >= 0.6 is 0 Å². The maximum atomic E-state index is 4.62. The molecule has 92 valence electrons. The van der Waals surface area contributed by atoms with Crippen molar-refractivity contribution in [1.29, 1.82) is 0 Å². The highest BCUT2D eigenvalue weighted by Gasteiger charge is 2.06. The van der Waals surface area contributed by atoms with Crippen molar-refractivity contribution in [3.05, 3.63) is 29.6 Å². The number of hydrogen-bond donors (Lipinski definition) is 0. The third-order valence-corrected chi connectivity index (χ3v) is 3.08. The molecule has 0 aliphatic carbocycles. The Hall–Kier alpha value is -1.35. The maximum absolute atomic E-state index is 4.62. The second-order valence-corrected chi connectivity index (χ2v) is 4.96. The fraction of sp³-hybridized carbons (Fsp3) is 0.500. The molecule has 0 aliphatic heterocycles. The van der Waals surface area contributed by atoms with Gasteiger partial charge < -0.3 is 9.47 Å². The van der Waals surface area contributed by atoms with Crippen LogP contribution in [0.25, 0.3) is 11.0 Å². The van der Waals surface area contributed by atoms with Crippen molar-refractivity contribution in [1.82, 2.24) is 14.5 Å². The van der Waals surface area contributed by atoms with Gasteiger partial charge in [-0.2, -0.15) is 0 Å². The summed E-state index contributed by atoms with van der Waals surface area (Å²) in [6.07, 6.45) is 1.16. The number of nitrogens with zero attached hydrogens (tertiary/aromatic N) is 3. The molecule has 0 N–H and O–H groups in total. The van der Waals surface area contributed by atoms with Gasteiger partial charge >= 0.3 is 0 Å². The predicted molar refractivity (Wildman–Crippen MR) is 72.4 cm³/mol. The lowest BCUT2D eigenvalue weighted by atomic mass is 10.2. The van der Waals surface area contributed by atoms with Crippen molar-refractivity contribution in [2.24, 2.45) is 0 Å². The van der Waals surface area contributed by atoms with E-state index in [4.69, 9.17) is 0 Å². The molecule has 0 fully saturated rings. The summed E-state index contributed by atoms with van der Waals surface area (Å²) < 4.78 is 2.32. The average molecular weight is 231 g/mol. The van der Waals surface area contributed by atoms with Gasteiger partial charge in [0.1, 0.15) is 5.82 Å². The Morgan fingerprint density at radius 1 is 1.24 bits per heavy atom. The molecule has 1 aromatic heterocycles. The molecule has 0 aliphatic rings. The van der Waals surface area contributed by atoms with E-state index in [2.05, 4.69) is 60.6 Å². The molecular weight excluding hydrogens is 210 g/mol. The first kappa shape index (κ1) is 12.1. The minimum atomic E-state index is 1.05. The molecule has 0 radical (unpaired) electrons. The molecule has 17 heavy (non-hydrogen) atoms. The zero-order chi connectivity index (χ0) is 12.4. The second kappa shape index (κ2) is 4.88. The van der Waals surface area contributed by atoms with Gasteiger partial charge in [-0.15, -0.1) is 0 Å². The van der Waals surface area contributed by atoms with Crippen molar-refractivity contribution >= 4 is 11.0 Å². The van der Waals surface area contributed by atoms with E-state index in [1.54, 1.807) is 0 Å². The molecule has 3 heteroatoms. The monoisotopic (exact) mass is 231 g/mol. The lowest BCUT2D eigenvalue weighted by molar-refractivity contribution is 0.387. The molecule has 1 aromatic carbocycles. The first-order chi connectivity index (χ1) is 8.08. The minimum absolute atomic E-state index is 1.05. The zero-order valence-electron chi connectivity index (χ0n) is 11.2. The lowest BCUT2D eigenvalue weighted by Gasteiger charge is -2.11. The van der Waals surface area contributed by atoms with Gasteiger partial charge in [0.25, 0.3) is 0 Å². The number of aryl methyl sites for hydroxylation is 3. The van der Waals surface area contributed by atoms with Crippen LogP contribution in [0.1, 0.15) is 17.8 Å². The first-order valence-corrected chi connectivity index (χ1v) is 6.16. The summed E-state index contributed by atoms with van der Waals surface area (Å²) in [6, 6.07) is 6.50. The number of rotatable bonds is 4. The van der Waals surface area contributed by atoms with Crippen LogP contribution in [0.4, 0.5) is 0 Å². The number of fused-ring (bicyclic) bond motifs is 1. The summed E-state index contributed by atoms with van der Waals surface area (Å²) in [5.41, 5.74) is 3.65. The zero-order valence-corrected chi connectivity index (χ0v) is 11.2. The van der Waals surface area contributed by atoms with Gasteiger partial charge in [-0.25, -0.2) is 4.98 Å². The highest BCUT2D eigenvalue weighted by atomic mass is 15.1. The van der Waals surface area contributed by atoms with Crippen LogP contribution in [0.3, 0.4) is 0 Å². The minimum Gasteiger partial charge on any atom is -0.328 e. The summed E-state index contributed by atoms with van der Waals surface area (Å²) in [6.45, 7) is 6.36. The van der Waals surface area contributed by atoms with Crippen LogP contribution in [0, 0.1) is 13.8 Å². The summed E-state index contributed by atoms with van der Waals surface area (Å²) in [4.78, 5) is 6.84.